The molecule has 3 unspecified atom stereocenters. The molecule has 1 nitrogen and oxygen atoms in total. The summed E-state index contributed by atoms with van der Waals surface area (Å²) in [7, 11) is 0. The summed E-state index contributed by atoms with van der Waals surface area (Å²) in [5.74, 6) is 0.928. The maximum absolute atomic E-state index is 10.6. The largest absolute Gasteiger partial charge is 0.303 e. The van der Waals surface area contributed by atoms with E-state index in [1.807, 2.05) is 0 Å². The number of hydrogen-bond acceptors (Lipinski definition) is 1. The Hall–Kier alpha value is -1.11. The van der Waals surface area contributed by atoms with Crippen LogP contribution >= 0.6 is 0 Å². The van der Waals surface area contributed by atoms with Crippen LogP contribution in [-0.4, -0.2) is 6.29 Å². The monoisotopic (exact) mass is 232 g/mol. The predicted octanol–water partition coefficient (Wildman–Crippen LogP) is 4.32. The van der Waals surface area contributed by atoms with E-state index in [1.54, 1.807) is 0 Å². The first-order chi connectivity index (χ1) is 7.94. The lowest BCUT2D eigenvalue weighted by atomic mass is 9.61. The molecule has 94 valence electrons. The summed E-state index contributed by atoms with van der Waals surface area (Å²) in [4.78, 5) is 10.6. The fraction of sp³-hybridized carbons (Fsp3) is 0.562. The minimum absolute atomic E-state index is 0.157. The highest BCUT2D eigenvalue weighted by Gasteiger charge is 2.38. The molecule has 1 heteroatoms. The maximum atomic E-state index is 10.6. The highest BCUT2D eigenvalue weighted by Crippen LogP contribution is 2.48. The Labute approximate surface area is 105 Å². The van der Waals surface area contributed by atoms with E-state index in [0.29, 0.717) is 18.3 Å². The molecule has 0 bridgehead atoms. The van der Waals surface area contributed by atoms with E-state index in [9.17, 15) is 4.79 Å². The number of carbonyl (C=O) groups is 1. The molecule has 0 aromatic carbocycles. The van der Waals surface area contributed by atoms with Crippen molar-refractivity contribution in [2.75, 3.05) is 0 Å². The van der Waals surface area contributed by atoms with Crippen LogP contribution in [0.4, 0.5) is 0 Å². The first-order valence-electron chi connectivity index (χ1n) is 6.35. The van der Waals surface area contributed by atoms with Crippen LogP contribution in [0.15, 0.2) is 37.0 Å². The van der Waals surface area contributed by atoms with Crippen molar-refractivity contribution in [3.05, 3.63) is 37.0 Å². The van der Waals surface area contributed by atoms with E-state index in [-0.39, 0.29) is 5.41 Å². The van der Waals surface area contributed by atoms with Gasteiger partial charge >= 0.3 is 0 Å². The lowest BCUT2D eigenvalue weighted by molar-refractivity contribution is -0.107. The molecule has 0 N–H and O–H groups in total. The third kappa shape index (κ3) is 2.96. The molecule has 0 aromatic heterocycles. The number of allylic oxidation sites excluding steroid dienone is 3. The summed E-state index contributed by atoms with van der Waals surface area (Å²) >= 11 is 0. The van der Waals surface area contributed by atoms with Gasteiger partial charge in [0.1, 0.15) is 6.29 Å². The fourth-order valence-electron chi connectivity index (χ4n) is 2.98. The number of hydrogen-bond donors (Lipinski definition) is 0. The zero-order valence-corrected chi connectivity index (χ0v) is 11.2. The molecule has 0 spiro atoms. The van der Waals surface area contributed by atoms with Crippen molar-refractivity contribution in [1.82, 2.24) is 0 Å². The van der Waals surface area contributed by atoms with E-state index >= 15 is 0 Å². The molecule has 0 amide bonds. The molecule has 17 heavy (non-hydrogen) atoms. The van der Waals surface area contributed by atoms with Crippen molar-refractivity contribution < 1.29 is 4.79 Å². The smallest absolute Gasteiger partial charge is 0.124 e. The molecule has 0 aromatic rings. The Balaban J connectivity index is 2.82. The fourth-order valence-corrected chi connectivity index (χ4v) is 2.98. The first-order valence-corrected chi connectivity index (χ1v) is 6.35. The molecule has 0 heterocycles. The van der Waals surface area contributed by atoms with E-state index < -0.39 is 0 Å². The Morgan fingerprint density at radius 3 is 2.59 bits per heavy atom. The molecule has 1 aliphatic carbocycles. The van der Waals surface area contributed by atoms with Crippen LogP contribution < -0.4 is 0 Å². The molecule has 1 rings (SSSR count). The highest BCUT2D eigenvalue weighted by molar-refractivity contribution is 5.54. The summed E-state index contributed by atoms with van der Waals surface area (Å²) in [6.45, 7) is 16.5. The van der Waals surface area contributed by atoms with Gasteiger partial charge in [0.25, 0.3) is 0 Å². The van der Waals surface area contributed by atoms with E-state index in [2.05, 4.69) is 39.7 Å². The molecule has 3 atom stereocenters. The van der Waals surface area contributed by atoms with Crippen LogP contribution in [0.3, 0.4) is 0 Å². The zero-order chi connectivity index (χ0) is 13.1. The lowest BCUT2D eigenvalue weighted by Gasteiger charge is -2.43. The molecule has 0 radical (unpaired) electrons. The van der Waals surface area contributed by atoms with Crippen LogP contribution in [0.1, 0.15) is 39.5 Å². The molecule has 0 aliphatic heterocycles. The third-order valence-electron chi connectivity index (χ3n) is 4.33. The number of carbonyl (C=O) groups excluding carboxylic acids is 1. The number of rotatable bonds is 5. The first kappa shape index (κ1) is 14.0. The van der Waals surface area contributed by atoms with Gasteiger partial charge in [0, 0.05) is 6.42 Å². The van der Waals surface area contributed by atoms with Gasteiger partial charge < -0.3 is 4.79 Å². The van der Waals surface area contributed by atoms with Crippen molar-refractivity contribution in [2.24, 2.45) is 17.3 Å². The molecule has 1 saturated carbocycles. The predicted molar refractivity (Wildman–Crippen MR) is 73.8 cm³/mol. The van der Waals surface area contributed by atoms with Gasteiger partial charge in [-0.2, -0.15) is 0 Å². The average Bonchev–Trinajstić information content (AvgIpc) is 2.29. The van der Waals surface area contributed by atoms with Gasteiger partial charge in [-0.3, -0.25) is 0 Å². The summed E-state index contributed by atoms with van der Waals surface area (Å²) < 4.78 is 0. The second kappa shape index (κ2) is 5.48. The van der Waals surface area contributed by atoms with Gasteiger partial charge in [0.15, 0.2) is 0 Å². The topological polar surface area (TPSA) is 17.1 Å². The van der Waals surface area contributed by atoms with Crippen LogP contribution in [0.5, 0.6) is 0 Å². The normalized spacial score (nSPS) is 32.8. The van der Waals surface area contributed by atoms with Crippen LogP contribution in [0.2, 0.25) is 0 Å². The van der Waals surface area contributed by atoms with Crippen molar-refractivity contribution in [2.45, 2.75) is 39.5 Å². The maximum Gasteiger partial charge on any atom is 0.124 e. The average molecular weight is 232 g/mol. The van der Waals surface area contributed by atoms with E-state index in [4.69, 9.17) is 0 Å². The van der Waals surface area contributed by atoms with Gasteiger partial charge in [-0.1, -0.05) is 37.3 Å². The molecule has 1 fully saturated rings. The Morgan fingerprint density at radius 1 is 1.47 bits per heavy atom. The Kier molecular flexibility index (Phi) is 4.50. The SMILES string of the molecule is C=CC1(C)CCC(C(=C)CC=O)CC1C(=C)C. The number of aldehydes is 1. The molecule has 0 saturated heterocycles. The third-order valence-corrected chi connectivity index (χ3v) is 4.33. The molecular weight excluding hydrogens is 208 g/mol. The van der Waals surface area contributed by atoms with Crippen LogP contribution in [0.25, 0.3) is 0 Å². The van der Waals surface area contributed by atoms with Crippen molar-refractivity contribution in [3.63, 3.8) is 0 Å². The van der Waals surface area contributed by atoms with Gasteiger partial charge in [0.2, 0.25) is 0 Å². The molecule has 1 aliphatic rings. The minimum atomic E-state index is 0.157. The molecular formula is C16H24O. The van der Waals surface area contributed by atoms with Crippen LogP contribution in [-0.2, 0) is 4.79 Å². The summed E-state index contributed by atoms with van der Waals surface area (Å²) in [5, 5.41) is 0. The zero-order valence-electron chi connectivity index (χ0n) is 11.2. The Morgan fingerprint density at radius 2 is 2.12 bits per heavy atom. The van der Waals surface area contributed by atoms with E-state index in [1.165, 1.54) is 5.57 Å². The van der Waals surface area contributed by atoms with Gasteiger partial charge in [-0.25, -0.2) is 0 Å². The summed E-state index contributed by atoms with van der Waals surface area (Å²) in [6, 6.07) is 0. The van der Waals surface area contributed by atoms with Gasteiger partial charge in [-0.05, 0) is 43.4 Å². The summed E-state index contributed by atoms with van der Waals surface area (Å²) in [5.41, 5.74) is 2.46. The van der Waals surface area contributed by atoms with Crippen molar-refractivity contribution in [3.8, 4) is 0 Å². The second-order valence-corrected chi connectivity index (χ2v) is 5.61. The van der Waals surface area contributed by atoms with Crippen molar-refractivity contribution >= 4 is 6.29 Å². The lowest BCUT2D eigenvalue weighted by Crippen LogP contribution is -2.33. The van der Waals surface area contributed by atoms with Gasteiger partial charge in [0.05, 0.1) is 0 Å². The Bertz CT molecular complexity index is 339. The van der Waals surface area contributed by atoms with Crippen molar-refractivity contribution in [1.29, 1.82) is 0 Å². The van der Waals surface area contributed by atoms with Crippen LogP contribution in [0, 0.1) is 17.3 Å². The second-order valence-electron chi connectivity index (χ2n) is 5.61. The van der Waals surface area contributed by atoms with E-state index in [0.717, 1.165) is 31.1 Å². The minimum Gasteiger partial charge on any atom is -0.303 e. The standard InChI is InChI=1S/C16H24O/c1-6-16(5)9-7-14(13(4)8-10-17)11-15(16)12(2)3/h6,10,14-15H,1-2,4,7-9,11H2,3,5H3. The highest BCUT2D eigenvalue weighted by atomic mass is 16.1. The summed E-state index contributed by atoms with van der Waals surface area (Å²) in [6.07, 6.45) is 6.81. The quantitative estimate of drug-likeness (QED) is 0.509. The van der Waals surface area contributed by atoms with Gasteiger partial charge in [-0.15, -0.1) is 6.58 Å².